The van der Waals surface area contributed by atoms with Crippen molar-refractivity contribution in [2.24, 2.45) is 0 Å². The largest absolute Gasteiger partial charge is 0.490 e. The molecule has 1 aliphatic rings. The Labute approximate surface area is 220 Å². The van der Waals surface area contributed by atoms with Crippen LogP contribution in [0.2, 0.25) is 5.02 Å². The molecule has 3 aromatic rings. The van der Waals surface area contributed by atoms with Gasteiger partial charge in [-0.2, -0.15) is 0 Å². The Morgan fingerprint density at radius 1 is 1.03 bits per heavy atom. The number of hydrogen-bond acceptors (Lipinski definition) is 6. The summed E-state index contributed by atoms with van der Waals surface area (Å²) in [7, 11) is 0. The monoisotopic (exact) mass is 571 g/mol. The number of thioether (sulfide) groups is 1. The van der Waals surface area contributed by atoms with Gasteiger partial charge in [-0.25, -0.2) is 4.79 Å². The number of nitrogens with zero attached hydrogens (tertiary/aromatic N) is 1. The van der Waals surface area contributed by atoms with Crippen LogP contribution in [0.25, 0.3) is 6.08 Å². The van der Waals surface area contributed by atoms with E-state index in [1.165, 1.54) is 4.90 Å². The molecule has 4 rings (SSSR count). The minimum atomic E-state index is -0.551. The van der Waals surface area contributed by atoms with Crippen molar-refractivity contribution in [1.29, 1.82) is 0 Å². The number of ether oxygens (including phenoxy) is 2. The Balaban J connectivity index is 1.52. The predicted octanol–water partition coefficient (Wildman–Crippen LogP) is 6.96. The minimum Gasteiger partial charge on any atom is -0.490 e. The van der Waals surface area contributed by atoms with Gasteiger partial charge in [-0.3, -0.25) is 14.5 Å². The molecule has 35 heavy (non-hydrogen) atoms. The van der Waals surface area contributed by atoms with Gasteiger partial charge in [-0.15, -0.1) is 0 Å². The van der Waals surface area contributed by atoms with Crippen molar-refractivity contribution < 1.29 is 23.9 Å². The summed E-state index contributed by atoms with van der Waals surface area (Å²) < 4.78 is 12.1. The molecule has 0 atom stereocenters. The molecule has 0 N–H and O–H groups in total. The molecule has 0 bridgehead atoms. The Morgan fingerprint density at radius 3 is 2.43 bits per heavy atom. The lowest BCUT2D eigenvalue weighted by atomic mass is 10.1. The first-order chi connectivity index (χ1) is 16.8. The molecule has 0 aliphatic carbocycles. The predicted molar refractivity (Wildman–Crippen MR) is 140 cm³/mol. The number of esters is 1. The molecule has 3 aromatic carbocycles. The lowest BCUT2D eigenvalue weighted by molar-refractivity contribution is -0.123. The normalized spacial score (nSPS) is 14.5. The van der Waals surface area contributed by atoms with Crippen molar-refractivity contribution in [2.45, 2.75) is 13.5 Å². The number of carbonyl (C=O) groups excluding carboxylic acids is 3. The molecule has 1 saturated heterocycles. The number of benzene rings is 3. The summed E-state index contributed by atoms with van der Waals surface area (Å²) in [6, 6.07) is 18.7. The number of carbonyl (C=O) groups is 3. The van der Waals surface area contributed by atoms with Crippen molar-refractivity contribution in [1.82, 2.24) is 4.90 Å². The molecule has 1 heterocycles. The zero-order valence-electron chi connectivity index (χ0n) is 18.5. The maximum atomic E-state index is 12.9. The third-order valence-electron chi connectivity index (χ3n) is 4.98. The van der Waals surface area contributed by atoms with Crippen molar-refractivity contribution in [3.05, 3.63) is 97.8 Å². The highest BCUT2D eigenvalue weighted by Gasteiger charge is 2.35. The average molecular weight is 573 g/mol. The van der Waals surface area contributed by atoms with E-state index in [1.54, 1.807) is 48.5 Å². The van der Waals surface area contributed by atoms with E-state index >= 15 is 0 Å². The standard InChI is InChI=1S/C26H19BrClNO5S/c1-2-33-22-13-17(5-12-21(22)34-25(31)18-6-10-20(28)11-7-18)14-23-24(30)29(26(32)35-23)15-16-3-8-19(27)9-4-16/h3-14H,2,15H2,1H3/b23-14-. The van der Waals surface area contributed by atoms with Gasteiger partial charge in [0.15, 0.2) is 11.5 Å². The quantitative estimate of drug-likeness (QED) is 0.173. The fourth-order valence-corrected chi connectivity index (χ4v) is 4.50. The summed E-state index contributed by atoms with van der Waals surface area (Å²) >= 11 is 10.1. The van der Waals surface area contributed by atoms with Crippen LogP contribution in [0.15, 0.2) is 76.1 Å². The van der Waals surface area contributed by atoms with Crippen LogP contribution in [-0.2, 0) is 11.3 Å². The van der Waals surface area contributed by atoms with Gasteiger partial charge >= 0.3 is 5.97 Å². The van der Waals surface area contributed by atoms with Crippen LogP contribution in [0.5, 0.6) is 11.5 Å². The molecule has 6 nitrogen and oxygen atoms in total. The van der Waals surface area contributed by atoms with Crippen molar-refractivity contribution >= 4 is 62.5 Å². The first kappa shape index (κ1) is 25.0. The van der Waals surface area contributed by atoms with Crippen LogP contribution in [0.4, 0.5) is 4.79 Å². The van der Waals surface area contributed by atoms with Crippen molar-refractivity contribution in [3.8, 4) is 11.5 Å². The van der Waals surface area contributed by atoms with E-state index in [9.17, 15) is 14.4 Å². The molecule has 9 heteroatoms. The van der Waals surface area contributed by atoms with Crippen LogP contribution < -0.4 is 9.47 Å². The highest BCUT2D eigenvalue weighted by atomic mass is 79.9. The topological polar surface area (TPSA) is 72.9 Å². The maximum absolute atomic E-state index is 12.9. The number of amides is 2. The zero-order valence-corrected chi connectivity index (χ0v) is 21.7. The van der Waals surface area contributed by atoms with Crippen LogP contribution >= 0.6 is 39.3 Å². The lowest BCUT2D eigenvalue weighted by Crippen LogP contribution is -2.27. The van der Waals surface area contributed by atoms with Gasteiger partial charge in [0, 0.05) is 9.50 Å². The zero-order chi connectivity index (χ0) is 24.9. The second-order valence-electron chi connectivity index (χ2n) is 7.43. The van der Waals surface area contributed by atoms with Gasteiger partial charge in [0.05, 0.1) is 23.6 Å². The Hall–Kier alpha value is -3.07. The number of halogens is 2. The average Bonchev–Trinajstić information content (AvgIpc) is 3.10. The summed E-state index contributed by atoms with van der Waals surface area (Å²) in [5, 5.41) is 0.185. The van der Waals surface area contributed by atoms with Crippen LogP contribution in [-0.4, -0.2) is 28.6 Å². The van der Waals surface area contributed by atoms with Crippen LogP contribution in [0.1, 0.15) is 28.4 Å². The highest BCUT2D eigenvalue weighted by molar-refractivity contribution is 9.10. The molecule has 0 unspecified atom stereocenters. The Morgan fingerprint density at radius 2 is 1.74 bits per heavy atom. The Bertz CT molecular complexity index is 1310. The second kappa shape index (κ2) is 11.1. The summed E-state index contributed by atoms with van der Waals surface area (Å²) in [5.41, 5.74) is 1.83. The molecule has 1 fully saturated rings. The van der Waals surface area contributed by atoms with E-state index in [0.717, 1.165) is 21.8 Å². The van der Waals surface area contributed by atoms with Gasteiger partial charge < -0.3 is 9.47 Å². The fourth-order valence-electron chi connectivity index (χ4n) is 3.27. The van der Waals surface area contributed by atoms with Crippen LogP contribution in [0, 0.1) is 0 Å². The second-order valence-corrected chi connectivity index (χ2v) is 9.78. The molecule has 1 aliphatic heterocycles. The number of imide groups is 1. The number of hydrogen-bond donors (Lipinski definition) is 0. The fraction of sp³-hybridized carbons (Fsp3) is 0.115. The van der Waals surface area contributed by atoms with Crippen molar-refractivity contribution in [2.75, 3.05) is 6.61 Å². The van der Waals surface area contributed by atoms with Gasteiger partial charge in [0.1, 0.15) is 0 Å². The highest BCUT2D eigenvalue weighted by Crippen LogP contribution is 2.35. The molecule has 0 radical (unpaired) electrons. The van der Waals surface area contributed by atoms with E-state index in [0.29, 0.717) is 33.4 Å². The van der Waals surface area contributed by atoms with E-state index < -0.39 is 5.97 Å². The molecule has 0 spiro atoms. The molecule has 178 valence electrons. The third-order valence-corrected chi connectivity index (χ3v) is 6.66. The summed E-state index contributed by atoms with van der Waals surface area (Å²) in [6.45, 7) is 2.35. The minimum absolute atomic E-state index is 0.194. The van der Waals surface area contributed by atoms with Gasteiger partial charge in [-0.1, -0.05) is 45.7 Å². The lowest BCUT2D eigenvalue weighted by Gasteiger charge is -2.13. The molecule has 0 aromatic heterocycles. The van der Waals surface area contributed by atoms with E-state index in [2.05, 4.69) is 15.9 Å². The van der Waals surface area contributed by atoms with E-state index in [-0.39, 0.29) is 23.4 Å². The molecular weight excluding hydrogens is 554 g/mol. The van der Waals surface area contributed by atoms with Gasteiger partial charge in [0.2, 0.25) is 0 Å². The number of rotatable bonds is 7. The maximum Gasteiger partial charge on any atom is 0.343 e. The molecular formula is C26H19BrClNO5S. The smallest absolute Gasteiger partial charge is 0.343 e. The van der Waals surface area contributed by atoms with Crippen LogP contribution in [0.3, 0.4) is 0 Å². The van der Waals surface area contributed by atoms with Gasteiger partial charge in [0.25, 0.3) is 11.1 Å². The first-order valence-electron chi connectivity index (χ1n) is 10.6. The van der Waals surface area contributed by atoms with E-state index in [1.807, 2.05) is 31.2 Å². The SMILES string of the molecule is CCOc1cc(/C=C2\SC(=O)N(Cc3ccc(Br)cc3)C2=O)ccc1OC(=O)c1ccc(Cl)cc1. The van der Waals surface area contributed by atoms with Gasteiger partial charge in [-0.05, 0) is 84.4 Å². The first-order valence-corrected chi connectivity index (χ1v) is 12.6. The van der Waals surface area contributed by atoms with E-state index in [4.69, 9.17) is 21.1 Å². The molecule has 0 saturated carbocycles. The Kier molecular flexibility index (Phi) is 7.95. The summed E-state index contributed by atoms with van der Waals surface area (Å²) in [6.07, 6.45) is 1.62. The van der Waals surface area contributed by atoms with Crippen molar-refractivity contribution in [3.63, 3.8) is 0 Å². The summed E-state index contributed by atoms with van der Waals surface area (Å²) in [4.78, 5) is 39.4. The third kappa shape index (κ3) is 6.14. The summed E-state index contributed by atoms with van der Waals surface area (Å²) in [5.74, 6) is -0.325. The molecule has 2 amide bonds.